The maximum absolute atomic E-state index is 12.8. The highest BCUT2D eigenvalue weighted by Gasteiger charge is 2.11. The average Bonchev–Trinajstić information content (AvgIpc) is 2.48. The molecule has 0 aliphatic rings. The Bertz CT molecular complexity index is 618. The number of benzene rings is 2. The van der Waals surface area contributed by atoms with Crippen LogP contribution in [0, 0.1) is 5.82 Å². The standard InChI is InChI=1S/C16H15ClFNOS/c1-19(10-12-6-8-13(18)9-7-12)16(20)11-21-15-5-3-2-4-14(15)17/h2-9H,10-11H2,1H3. The Morgan fingerprint density at radius 1 is 1.19 bits per heavy atom. The molecule has 0 aliphatic carbocycles. The first-order valence-corrected chi connectivity index (χ1v) is 7.78. The summed E-state index contributed by atoms with van der Waals surface area (Å²) in [5.41, 5.74) is 0.898. The van der Waals surface area contributed by atoms with E-state index in [1.807, 2.05) is 18.2 Å². The summed E-state index contributed by atoms with van der Waals surface area (Å²) in [5.74, 6) is 0.0489. The molecule has 21 heavy (non-hydrogen) atoms. The topological polar surface area (TPSA) is 20.3 Å². The van der Waals surface area contributed by atoms with Crippen LogP contribution in [0.4, 0.5) is 4.39 Å². The molecule has 0 saturated carbocycles. The van der Waals surface area contributed by atoms with E-state index < -0.39 is 0 Å². The maximum Gasteiger partial charge on any atom is 0.232 e. The second-order valence-electron chi connectivity index (χ2n) is 4.60. The Morgan fingerprint density at radius 2 is 1.86 bits per heavy atom. The van der Waals surface area contributed by atoms with Crippen LogP contribution in [0.25, 0.3) is 0 Å². The summed E-state index contributed by atoms with van der Waals surface area (Å²) in [6.45, 7) is 0.461. The van der Waals surface area contributed by atoms with E-state index in [-0.39, 0.29) is 11.7 Å². The predicted molar refractivity (Wildman–Crippen MR) is 85.1 cm³/mol. The third-order valence-electron chi connectivity index (χ3n) is 2.95. The summed E-state index contributed by atoms with van der Waals surface area (Å²) in [6, 6.07) is 13.6. The van der Waals surface area contributed by atoms with Gasteiger partial charge in [0.1, 0.15) is 5.82 Å². The summed E-state index contributed by atoms with van der Waals surface area (Å²) in [6.07, 6.45) is 0. The van der Waals surface area contributed by atoms with Gasteiger partial charge in [0.25, 0.3) is 0 Å². The Labute approximate surface area is 132 Å². The van der Waals surface area contributed by atoms with Gasteiger partial charge in [0.05, 0.1) is 10.8 Å². The van der Waals surface area contributed by atoms with Crippen LogP contribution in [0.5, 0.6) is 0 Å². The fourth-order valence-corrected chi connectivity index (χ4v) is 2.94. The van der Waals surface area contributed by atoms with Crippen molar-refractivity contribution in [2.75, 3.05) is 12.8 Å². The van der Waals surface area contributed by atoms with Crippen LogP contribution in [0.3, 0.4) is 0 Å². The maximum atomic E-state index is 12.8. The molecule has 0 unspecified atom stereocenters. The second-order valence-corrected chi connectivity index (χ2v) is 6.02. The van der Waals surface area contributed by atoms with Crippen molar-refractivity contribution < 1.29 is 9.18 Å². The van der Waals surface area contributed by atoms with Crippen LogP contribution in [0.15, 0.2) is 53.4 Å². The molecule has 2 aromatic carbocycles. The number of carbonyl (C=O) groups is 1. The van der Waals surface area contributed by atoms with Crippen molar-refractivity contribution in [3.63, 3.8) is 0 Å². The van der Waals surface area contributed by atoms with Gasteiger partial charge in [-0.3, -0.25) is 4.79 Å². The van der Waals surface area contributed by atoms with Gasteiger partial charge in [0.2, 0.25) is 5.91 Å². The lowest BCUT2D eigenvalue weighted by molar-refractivity contribution is -0.127. The highest BCUT2D eigenvalue weighted by Crippen LogP contribution is 2.26. The van der Waals surface area contributed by atoms with Gasteiger partial charge in [-0.2, -0.15) is 0 Å². The number of hydrogen-bond donors (Lipinski definition) is 0. The van der Waals surface area contributed by atoms with E-state index in [2.05, 4.69) is 0 Å². The molecule has 0 aliphatic heterocycles. The van der Waals surface area contributed by atoms with Crippen molar-refractivity contribution in [2.45, 2.75) is 11.4 Å². The Hall–Kier alpha value is -1.52. The Morgan fingerprint density at radius 3 is 2.52 bits per heavy atom. The second kappa shape index (κ2) is 7.48. The number of amides is 1. The molecule has 0 N–H and O–H groups in total. The fraction of sp³-hybridized carbons (Fsp3) is 0.188. The molecule has 0 heterocycles. The fourth-order valence-electron chi connectivity index (χ4n) is 1.76. The molecule has 5 heteroatoms. The van der Waals surface area contributed by atoms with Gasteiger partial charge >= 0.3 is 0 Å². The summed E-state index contributed by atoms with van der Waals surface area (Å²) in [7, 11) is 1.73. The van der Waals surface area contributed by atoms with Crippen LogP contribution >= 0.6 is 23.4 Å². The zero-order valence-electron chi connectivity index (χ0n) is 11.6. The summed E-state index contributed by atoms with van der Waals surface area (Å²) in [4.78, 5) is 14.6. The van der Waals surface area contributed by atoms with Crippen molar-refractivity contribution in [3.8, 4) is 0 Å². The van der Waals surface area contributed by atoms with Crippen LogP contribution in [-0.2, 0) is 11.3 Å². The average molecular weight is 324 g/mol. The molecular formula is C16H15ClFNOS. The number of rotatable bonds is 5. The van der Waals surface area contributed by atoms with E-state index in [0.29, 0.717) is 17.3 Å². The molecule has 0 fully saturated rings. The lowest BCUT2D eigenvalue weighted by atomic mass is 10.2. The van der Waals surface area contributed by atoms with Crippen molar-refractivity contribution in [2.24, 2.45) is 0 Å². The molecular weight excluding hydrogens is 309 g/mol. The van der Waals surface area contributed by atoms with Crippen LogP contribution in [-0.4, -0.2) is 23.6 Å². The van der Waals surface area contributed by atoms with E-state index in [0.717, 1.165) is 10.5 Å². The van der Waals surface area contributed by atoms with Gasteiger partial charge in [-0.1, -0.05) is 35.9 Å². The van der Waals surface area contributed by atoms with Crippen molar-refractivity contribution in [1.82, 2.24) is 4.90 Å². The molecule has 2 aromatic rings. The van der Waals surface area contributed by atoms with Gasteiger partial charge in [0, 0.05) is 18.5 Å². The van der Waals surface area contributed by atoms with Crippen LogP contribution in [0.1, 0.15) is 5.56 Å². The molecule has 2 nitrogen and oxygen atoms in total. The van der Waals surface area contributed by atoms with Gasteiger partial charge in [-0.05, 0) is 29.8 Å². The lowest BCUT2D eigenvalue weighted by Crippen LogP contribution is -2.27. The normalized spacial score (nSPS) is 10.4. The minimum Gasteiger partial charge on any atom is -0.341 e. The number of thioether (sulfide) groups is 1. The first kappa shape index (κ1) is 15.9. The highest BCUT2D eigenvalue weighted by atomic mass is 35.5. The van der Waals surface area contributed by atoms with Gasteiger partial charge in [-0.25, -0.2) is 4.39 Å². The summed E-state index contributed by atoms with van der Waals surface area (Å²) < 4.78 is 12.8. The Kier molecular flexibility index (Phi) is 5.65. The zero-order valence-corrected chi connectivity index (χ0v) is 13.1. The van der Waals surface area contributed by atoms with E-state index in [4.69, 9.17) is 11.6 Å². The van der Waals surface area contributed by atoms with E-state index in [9.17, 15) is 9.18 Å². The molecule has 0 aromatic heterocycles. The van der Waals surface area contributed by atoms with Crippen LogP contribution in [0.2, 0.25) is 5.02 Å². The number of nitrogens with zero attached hydrogens (tertiary/aromatic N) is 1. The van der Waals surface area contributed by atoms with E-state index >= 15 is 0 Å². The van der Waals surface area contributed by atoms with Crippen molar-refractivity contribution in [1.29, 1.82) is 0 Å². The minimum absolute atomic E-state index is 0.00393. The smallest absolute Gasteiger partial charge is 0.232 e. The predicted octanol–water partition coefficient (Wildman–Crippen LogP) is 4.23. The molecule has 0 bridgehead atoms. The van der Waals surface area contributed by atoms with Gasteiger partial charge in [-0.15, -0.1) is 11.8 Å². The summed E-state index contributed by atoms with van der Waals surface area (Å²) >= 11 is 7.46. The van der Waals surface area contributed by atoms with Gasteiger partial charge in [0.15, 0.2) is 0 Å². The quantitative estimate of drug-likeness (QED) is 0.767. The Balaban J connectivity index is 1.88. The van der Waals surface area contributed by atoms with Gasteiger partial charge < -0.3 is 4.90 Å². The number of carbonyl (C=O) groups excluding carboxylic acids is 1. The first-order chi connectivity index (χ1) is 10.1. The molecule has 0 spiro atoms. The zero-order chi connectivity index (χ0) is 15.2. The molecule has 1 amide bonds. The molecule has 0 saturated heterocycles. The highest BCUT2D eigenvalue weighted by molar-refractivity contribution is 8.00. The molecule has 0 atom stereocenters. The SMILES string of the molecule is CN(Cc1ccc(F)cc1)C(=O)CSc1ccccc1Cl. The minimum atomic E-state index is -0.276. The molecule has 2 rings (SSSR count). The number of halogens is 2. The van der Waals surface area contributed by atoms with Crippen molar-refractivity contribution >= 4 is 29.3 Å². The monoisotopic (exact) mass is 323 g/mol. The largest absolute Gasteiger partial charge is 0.341 e. The first-order valence-electron chi connectivity index (χ1n) is 6.42. The molecule has 0 radical (unpaired) electrons. The lowest BCUT2D eigenvalue weighted by Gasteiger charge is -2.17. The van der Waals surface area contributed by atoms with E-state index in [1.165, 1.54) is 23.9 Å². The third-order valence-corrected chi connectivity index (χ3v) is 4.45. The number of hydrogen-bond acceptors (Lipinski definition) is 2. The summed E-state index contributed by atoms with van der Waals surface area (Å²) in [5, 5.41) is 0.650. The third kappa shape index (κ3) is 4.76. The van der Waals surface area contributed by atoms with Crippen molar-refractivity contribution in [3.05, 3.63) is 64.9 Å². The molecule has 110 valence electrons. The van der Waals surface area contributed by atoms with Crippen LogP contribution < -0.4 is 0 Å². The van der Waals surface area contributed by atoms with E-state index in [1.54, 1.807) is 30.1 Å².